The van der Waals surface area contributed by atoms with E-state index in [4.69, 9.17) is 18.5 Å². The van der Waals surface area contributed by atoms with Crippen molar-refractivity contribution in [2.75, 3.05) is 54.1 Å². The van der Waals surface area contributed by atoms with E-state index in [1.165, 1.54) is 218 Å². The van der Waals surface area contributed by atoms with Crippen LogP contribution in [0, 0.1) is 0 Å². The van der Waals surface area contributed by atoms with Crippen LogP contribution < -0.4 is 0 Å². The maximum Gasteiger partial charge on any atom is 0.472 e. The summed E-state index contributed by atoms with van der Waals surface area (Å²) < 4.78 is 35.2. The first kappa shape index (κ1) is 62.2. The van der Waals surface area contributed by atoms with E-state index in [9.17, 15) is 14.3 Å². The number of esters is 1. The van der Waals surface area contributed by atoms with Gasteiger partial charge in [-0.05, 0) is 38.5 Å². The maximum absolute atomic E-state index is 12.8. The normalized spacial score (nSPS) is 13.6. The second-order valence-corrected chi connectivity index (χ2v) is 21.4. The summed E-state index contributed by atoms with van der Waals surface area (Å²) in [7, 11) is 1.69. The van der Waals surface area contributed by atoms with E-state index in [1.807, 2.05) is 21.1 Å². The van der Waals surface area contributed by atoms with Crippen molar-refractivity contribution in [3.63, 3.8) is 0 Å². The number of likely N-dealkylation sites (N-methyl/N-ethyl adjacent to an activating group) is 1. The molecule has 0 aromatic heterocycles. The smallest absolute Gasteiger partial charge is 0.457 e. The predicted molar refractivity (Wildman–Crippen MR) is 270 cm³/mol. The maximum atomic E-state index is 12.8. The number of phosphoric acid groups is 1. The van der Waals surface area contributed by atoms with Gasteiger partial charge in [-0.1, -0.05) is 238 Å². The summed E-state index contributed by atoms with van der Waals surface area (Å²) in [6.45, 7) is 5.69. The van der Waals surface area contributed by atoms with Crippen molar-refractivity contribution in [1.29, 1.82) is 0 Å². The summed E-state index contributed by atoms with van der Waals surface area (Å²) >= 11 is 0. The van der Waals surface area contributed by atoms with Crippen molar-refractivity contribution in [2.24, 2.45) is 0 Å². The van der Waals surface area contributed by atoms with Crippen LogP contribution in [-0.4, -0.2) is 75.6 Å². The molecule has 0 aromatic carbocycles. The van der Waals surface area contributed by atoms with Crippen molar-refractivity contribution in [2.45, 2.75) is 277 Å². The van der Waals surface area contributed by atoms with E-state index in [0.717, 1.165) is 32.1 Å². The quantitative estimate of drug-likeness (QED) is 0.0214. The Balaban J connectivity index is 4.03. The Kier molecular flexibility index (Phi) is 47.1. The number of carbonyl (C=O) groups excluding carboxylic acids is 1. The van der Waals surface area contributed by atoms with Crippen molar-refractivity contribution in [3.8, 4) is 0 Å². The van der Waals surface area contributed by atoms with E-state index in [1.54, 1.807) is 0 Å². The molecule has 376 valence electrons. The molecule has 1 N–H and O–H groups in total. The van der Waals surface area contributed by atoms with Crippen LogP contribution in [0.4, 0.5) is 0 Å². The van der Waals surface area contributed by atoms with Gasteiger partial charge in [-0.25, -0.2) is 4.57 Å². The molecule has 63 heavy (non-hydrogen) atoms. The average Bonchev–Trinajstić information content (AvgIpc) is 3.24. The first-order valence-electron chi connectivity index (χ1n) is 27.4. The van der Waals surface area contributed by atoms with Crippen LogP contribution in [0.1, 0.15) is 271 Å². The number of ether oxygens (including phenoxy) is 2. The highest BCUT2D eigenvalue weighted by molar-refractivity contribution is 7.47. The zero-order chi connectivity index (χ0) is 46.2. The molecule has 0 aromatic rings. The third-order valence-electron chi connectivity index (χ3n) is 12.3. The predicted octanol–water partition coefficient (Wildman–Crippen LogP) is 17.0. The number of unbranched alkanes of at least 4 members (excludes halogenated alkanes) is 36. The minimum atomic E-state index is -4.28. The van der Waals surface area contributed by atoms with Gasteiger partial charge in [-0.3, -0.25) is 13.8 Å². The van der Waals surface area contributed by atoms with Gasteiger partial charge in [0.1, 0.15) is 19.3 Å². The summed E-state index contributed by atoms with van der Waals surface area (Å²) in [6, 6.07) is 0. The van der Waals surface area contributed by atoms with E-state index in [2.05, 4.69) is 26.0 Å². The second kappa shape index (κ2) is 47.7. The number of rotatable bonds is 52. The molecule has 0 saturated heterocycles. The number of hydrogen-bond donors (Lipinski definition) is 1. The molecule has 2 unspecified atom stereocenters. The van der Waals surface area contributed by atoms with Crippen molar-refractivity contribution in [1.82, 2.24) is 0 Å². The molecule has 9 heteroatoms. The van der Waals surface area contributed by atoms with E-state index >= 15 is 0 Å². The Bertz CT molecular complexity index is 1020. The molecule has 0 fully saturated rings. The zero-order valence-electron chi connectivity index (χ0n) is 42.8. The minimum absolute atomic E-state index is 0.0927. The first-order chi connectivity index (χ1) is 30.6. The van der Waals surface area contributed by atoms with Crippen LogP contribution >= 0.6 is 7.82 Å². The van der Waals surface area contributed by atoms with Crippen LogP contribution in [0.15, 0.2) is 12.2 Å². The van der Waals surface area contributed by atoms with E-state index in [0.29, 0.717) is 24.1 Å². The van der Waals surface area contributed by atoms with Crippen LogP contribution in [0.3, 0.4) is 0 Å². The molecule has 2 atom stereocenters. The lowest BCUT2D eigenvalue weighted by molar-refractivity contribution is -0.870. The monoisotopic (exact) mass is 915 g/mol. The highest BCUT2D eigenvalue weighted by Gasteiger charge is 2.26. The molecule has 8 nitrogen and oxygen atoms in total. The van der Waals surface area contributed by atoms with Crippen LogP contribution in [0.2, 0.25) is 0 Å². The third kappa shape index (κ3) is 52.1. The molecule has 0 heterocycles. The number of phosphoric ester groups is 1. The van der Waals surface area contributed by atoms with Gasteiger partial charge in [-0.2, -0.15) is 0 Å². The standard InChI is InChI=1S/C54H108NO7P/c1-6-8-10-12-14-16-18-20-22-24-25-26-27-28-29-30-31-32-33-35-37-39-41-43-45-47-54(56)62-53(52-61-63(57,58)60-50-48-55(3,4)5)51-59-49-46-44-42-40-38-36-34-23-21-19-17-15-13-11-9-7-2/h24-25,53H,6-23,26-52H2,1-5H3/p+1/b25-24-. The topological polar surface area (TPSA) is 91.3 Å². The number of allylic oxidation sites excluding steroid dienone is 2. The van der Waals surface area contributed by atoms with Gasteiger partial charge in [-0.15, -0.1) is 0 Å². The van der Waals surface area contributed by atoms with Gasteiger partial charge >= 0.3 is 13.8 Å². The van der Waals surface area contributed by atoms with Crippen LogP contribution in [-0.2, 0) is 27.9 Å². The fraction of sp³-hybridized carbons (Fsp3) is 0.944. The van der Waals surface area contributed by atoms with Crippen LogP contribution in [0.5, 0.6) is 0 Å². The molecule has 0 saturated carbocycles. The van der Waals surface area contributed by atoms with Gasteiger partial charge in [0, 0.05) is 13.0 Å². The minimum Gasteiger partial charge on any atom is -0.457 e. The van der Waals surface area contributed by atoms with Gasteiger partial charge in [0.15, 0.2) is 0 Å². The largest absolute Gasteiger partial charge is 0.472 e. The Labute approximate surface area is 392 Å². The zero-order valence-corrected chi connectivity index (χ0v) is 43.7. The fourth-order valence-electron chi connectivity index (χ4n) is 8.08. The third-order valence-corrected chi connectivity index (χ3v) is 13.3. The van der Waals surface area contributed by atoms with E-state index in [-0.39, 0.29) is 25.8 Å². The molecule has 0 rings (SSSR count). The highest BCUT2D eigenvalue weighted by atomic mass is 31.2. The number of nitrogens with zero attached hydrogens (tertiary/aromatic N) is 1. The molecular weight excluding hydrogens is 806 g/mol. The first-order valence-corrected chi connectivity index (χ1v) is 28.9. The molecule has 0 aliphatic carbocycles. The molecule has 0 amide bonds. The highest BCUT2D eigenvalue weighted by Crippen LogP contribution is 2.43. The SMILES string of the molecule is CCCCCCCCCC/C=C\CCCCCCCCCCCCCCCC(=O)OC(COCCCCCCCCCCCCCCCCCC)COP(=O)(O)OCC[N+](C)(C)C. The second-order valence-electron chi connectivity index (χ2n) is 20.0. The number of hydrogen-bond acceptors (Lipinski definition) is 6. The lowest BCUT2D eigenvalue weighted by Crippen LogP contribution is -2.37. The number of quaternary nitrogens is 1. The van der Waals surface area contributed by atoms with Gasteiger partial charge in [0.2, 0.25) is 0 Å². The molecule has 0 radical (unpaired) electrons. The summed E-state index contributed by atoms with van der Waals surface area (Å²) in [5.41, 5.74) is 0. The van der Waals surface area contributed by atoms with Crippen molar-refractivity contribution >= 4 is 13.8 Å². The molecule has 0 spiro atoms. The Morgan fingerprint density at radius 3 is 1.21 bits per heavy atom. The Morgan fingerprint density at radius 1 is 0.476 bits per heavy atom. The van der Waals surface area contributed by atoms with Crippen LogP contribution in [0.25, 0.3) is 0 Å². The lowest BCUT2D eigenvalue weighted by Gasteiger charge is -2.24. The molecule has 0 aliphatic heterocycles. The summed E-state index contributed by atoms with van der Waals surface area (Å²) in [5, 5.41) is 0. The van der Waals surface area contributed by atoms with Gasteiger partial charge in [0.05, 0.1) is 34.4 Å². The Hall–Kier alpha value is -0.760. The fourth-order valence-corrected chi connectivity index (χ4v) is 8.82. The summed E-state index contributed by atoms with van der Waals surface area (Å²) in [6.07, 6.45) is 55.5. The molecular formula is C54H109NO7P+. The molecule has 0 aliphatic rings. The van der Waals surface area contributed by atoms with Crippen molar-refractivity contribution in [3.05, 3.63) is 12.2 Å². The summed E-state index contributed by atoms with van der Waals surface area (Å²) in [4.78, 5) is 23.0. The van der Waals surface area contributed by atoms with Crippen molar-refractivity contribution < 1.29 is 37.3 Å². The number of carbonyl (C=O) groups is 1. The molecule has 0 bridgehead atoms. The van der Waals surface area contributed by atoms with E-state index < -0.39 is 13.9 Å². The average molecular weight is 915 g/mol. The lowest BCUT2D eigenvalue weighted by atomic mass is 10.0. The summed E-state index contributed by atoms with van der Waals surface area (Å²) in [5.74, 6) is -0.307. The van der Waals surface area contributed by atoms with Gasteiger partial charge < -0.3 is 18.9 Å². The Morgan fingerprint density at radius 2 is 0.825 bits per heavy atom. The van der Waals surface area contributed by atoms with Gasteiger partial charge in [0.25, 0.3) is 0 Å².